The van der Waals surface area contributed by atoms with Crippen LogP contribution < -0.4 is 11.5 Å². The number of guanidine groups is 1. The van der Waals surface area contributed by atoms with Crippen molar-refractivity contribution in [2.24, 2.45) is 21.5 Å². The minimum absolute atomic E-state index is 0.0480. The van der Waals surface area contributed by atoms with Crippen molar-refractivity contribution in [1.82, 2.24) is 9.80 Å². The molecule has 0 bridgehead atoms. The topological polar surface area (TPSA) is 176 Å². The minimum atomic E-state index is -0.584. The van der Waals surface area contributed by atoms with Gasteiger partial charge < -0.3 is 41.0 Å². The quantitative estimate of drug-likeness (QED) is 0.0346. The van der Waals surface area contributed by atoms with Gasteiger partial charge in [0, 0.05) is 44.1 Å². The van der Waals surface area contributed by atoms with Crippen molar-refractivity contribution in [2.75, 3.05) is 32.8 Å². The Labute approximate surface area is 344 Å². The molecule has 4 aliphatic heterocycles. The molecule has 4 aliphatic rings. The van der Waals surface area contributed by atoms with Crippen molar-refractivity contribution in [3.63, 3.8) is 0 Å². The second kappa shape index (κ2) is 25.8. The van der Waals surface area contributed by atoms with Crippen molar-refractivity contribution in [3.8, 4) is 0 Å². The summed E-state index contributed by atoms with van der Waals surface area (Å²) in [6.07, 6.45) is 27.4. The average molecular weight is 799 g/mol. The van der Waals surface area contributed by atoms with Gasteiger partial charge in [-0.3, -0.25) is 4.79 Å². The molecule has 6 N–H and O–H groups in total. The van der Waals surface area contributed by atoms with Crippen LogP contribution in [0.3, 0.4) is 0 Å². The molecule has 4 rings (SSSR count). The zero-order valence-corrected chi connectivity index (χ0v) is 35.6. The molecule has 1 fully saturated rings. The summed E-state index contributed by atoms with van der Waals surface area (Å²) in [5, 5.41) is 20.0. The lowest BCUT2D eigenvalue weighted by Gasteiger charge is -2.43. The number of aliphatic hydroxyl groups excluding tert-OH is 2. The third kappa shape index (κ3) is 15.5. The highest BCUT2D eigenvalue weighted by Gasteiger charge is 2.49. The first-order valence-electron chi connectivity index (χ1n) is 23.0. The zero-order chi connectivity index (χ0) is 40.9. The number of hydrogen-bond donors (Lipinski definition) is 4. The molecule has 0 aromatic rings. The van der Waals surface area contributed by atoms with Crippen LogP contribution >= 0.6 is 0 Å². The van der Waals surface area contributed by atoms with Gasteiger partial charge in [-0.05, 0) is 90.6 Å². The van der Waals surface area contributed by atoms with Gasteiger partial charge in [-0.2, -0.15) is 0 Å². The first-order chi connectivity index (χ1) is 27.7. The van der Waals surface area contributed by atoms with Gasteiger partial charge in [0.25, 0.3) is 0 Å². The molecule has 0 aliphatic carbocycles. The second-order valence-corrected chi connectivity index (χ2v) is 17.0. The largest absolute Gasteiger partial charge is 0.462 e. The predicted molar refractivity (Wildman–Crippen MR) is 229 cm³/mol. The Hall–Kier alpha value is -2.64. The van der Waals surface area contributed by atoms with E-state index in [1.807, 2.05) is 0 Å². The van der Waals surface area contributed by atoms with E-state index in [0.717, 1.165) is 101 Å². The van der Waals surface area contributed by atoms with E-state index < -0.39 is 17.9 Å². The molecule has 0 unspecified atom stereocenters. The number of carbonyl (C=O) groups excluding carboxylic acids is 2. The Morgan fingerprint density at radius 1 is 0.965 bits per heavy atom. The van der Waals surface area contributed by atoms with Crippen LogP contribution in [0.1, 0.15) is 174 Å². The molecule has 0 radical (unpaired) electrons. The number of aliphatic imine (C=N–C) groups is 2. The molecule has 12 heteroatoms. The molecule has 0 saturated carbocycles. The Kier molecular flexibility index (Phi) is 21.3. The number of amides is 1. The van der Waals surface area contributed by atoms with E-state index in [-0.39, 0.29) is 24.0 Å². The standard InChI is InChI=1S/C45H78N6O6/c1-3-38-22-16-17-28-45(57-38)33-36-25-26-40-42(39(23-19-21-35(2)52)48-44(49-45)51(36)40)43(55)56-32-18-14-12-10-8-6-4-5-7-9-11-13-15-24-41(54)50(31-20-29-46)34-37(53)27-30-47/h16,22,35-38,52-53H,3-15,17-21,23-34,46-47H2,1-2H3/t35-,36+,37-,38+,45+/m1/s1. The summed E-state index contributed by atoms with van der Waals surface area (Å²) in [4.78, 5) is 40.6. The summed E-state index contributed by atoms with van der Waals surface area (Å²) in [6.45, 7) is 6.27. The Balaban J connectivity index is 1.09. The first-order valence-corrected chi connectivity index (χ1v) is 23.0. The number of unbranched alkanes of at least 4 members (excludes halogenated alkanes) is 12. The van der Waals surface area contributed by atoms with Gasteiger partial charge in [0.05, 0.1) is 30.6 Å². The van der Waals surface area contributed by atoms with Crippen LogP contribution in [0, 0.1) is 0 Å². The summed E-state index contributed by atoms with van der Waals surface area (Å²) in [5.74, 6) is 0.525. The highest BCUT2D eigenvalue weighted by atomic mass is 16.5. The minimum Gasteiger partial charge on any atom is -0.462 e. The highest BCUT2D eigenvalue weighted by Crippen LogP contribution is 2.45. The van der Waals surface area contributed by atoms with Gasteiger partial charge in [0.1, 0.15) is 5.57 Å². The summed E-state index contributed by atoms with van der Waals surface area (Å²) in [5.41, 5.74) is 13.0. The average Bonchev–Trinajstić information content (AvgIpc) is 3.50. The number of nitrogens with two attached hydrogens (primary N) is 2. The fourth-order valence-corrected chi connectivity index (χ4v) is 8.79. The number of aliphatic hydroxyl groups is 2. The lowest BCUT2D eigenvalue weighted by molar-refractivity contribution is -0.138. The number of ether oxygens (including phenoxy) is 2. The van der Waals surface area contributed by atoms with Crippen LogP contribution in [0.15, 0.2) is 33.4 Å². The third-order valence-corrected chi connectivity index (χ3v) is 12.0. The van der Waals surface area contributed by atoms with Crippen molar-refractivity contribution >= 4 is 23.5 Å². The van der Waals surface area contributed by atoms with E-state index in [9.17, 15) is 19.8 Å². The number of esters is 1. The van der Waals surface area contributed by atoms with Gasteiger partial charge >= 0.3 is 5.97 Å². The molecule has 1 amide bonds. The van der Waals surface area contributed by atoms with E-state index in [1.165, 1.54) is 44.9 Å². The van der Waals surface area contributed by atoms with Crippen LogP contribution in [-0.4, -0.2) is 106 Å². The van der Waals surface area contributed by atoms with Crippen LogP contribution in [0.2, 0.25) is 0 Å². The Morgan fingerprint density at radius 3 is 2.30 bits per heavy atom. The van der Waals surface area contributed by atoms with Gasteiger partial charge in [0.15, 0.2) is 5.72 Å². The molecule has 4 heterocycles. The third-order valence-electron chi connectivity index (χ3n) is 12.0. The molecule has 0 aromatic carbocycles. The maximum atomic E-state index is 13.7. The summed E-state index contributed by atoms with van der Waals surface area (Å²) in [6, 6.07) is 0.209. The van der Waals surface area contributed by atoms with Crippen LogP contribution in [-0.2, 0) is 19.1 Å². The molecule has 324 valence electrons. The number of hydrogen-bond acceptors (Lipinski definition) is 11. The number of nitrogens with zero attached hydrogens (tertiary/aromatic N) is 4. The maximum Gasteiger partial charge on any atom is 0.341 e. The summed E-state index contributed by atoms with van der Waals surface area (Å²) in [7, 11) is 0. The second-order valence-electron chi connectivity index (χ2n) is 17.0. The van der Waals surface area contributed by atoms with E-state index in [0.29, 0.717) is 70.0 Å². The molecular formula is C45H78N6O6. The number of carbonyl (C=O) groups is 2. The van der Waals surface area contributed by atoms with E-state index in [2.05, 4.69) is 24.0 Å². The van der Waals surface area contributed by atoms with E-state index >= 15 is 0 Å². The van der Waals surface area contributed by atoms with E-state index in [4.69, 9.17) is 30.9 Å². The van der Waals surface area contributed by atoms with Crippen molar-refractivity contribution in [3.05, 3.63) is 23.4 Å². The molecule has 0 aromatic heterocycles. The van der Waals surface area contributed by atoms with Crippen LogP contribution in [0.25, 0.3) is 0 Å². The number of allylic oxidation sites excluding steroid dienone is 2. The lowest BCUT2D eigenvalue weighted by atomic mass is 9.95. The van der Waals surface area contributed by atoms with Gasteiger partial charge in [-0.1, -0.05) is 89.7 Å². The summed E-state index contributed by atoms with van der Waals surface area (Å²) < 4.78 is 12.6. The SMILES string of the molecule is CC[C@H]1C=CCC[C@@]2(C[C@@H]3CCC4=C(C(=O)OCCCCCCCCCCCCCCCC(=O)N(CCCN)C[C@H](O)CCN)C(CCC[C@@H](C)O)=NC(=N2)N43)O1. The van der Waals surface area contributed by atoms with Gasteiger partial charge in [-0.25, -0.2) is 14.8 Å². The van der Waals surface area contributed by atoms with Gasteiger partial charge in [0.2, 0.25) is 11.9 Å². The van der Waals surface area contributed by atoms with E-state index in [1.54, 1.807) is 11.8 Å². The first kappa shape index (κ1) is 47.0. The molecule has 1 spiro atoms. The van der Waals surface area contributed by atoms with Crippen LogP contribution in [0.4, 0.5) is 0 Å². The monoisotopic (exact) mass is 799 g/mol. The normalized spacial score (nSPS) is 22.6. The fraction of sp³-hybridized carbons (Fsp3) is 0.822. The molecule has 1 saturated heterocycles. The Bertz CT molecular complexity index is 1350. The molecule has 5 atom stereocenters. The summed E-state index contributed by atoms with van der Waals surface area (Å²) >= 11 is 0. The lowest BCUT2D eigenvalue weighted by Crippen LogP contribution is -2.50. The van der Waals surface area contributed by atoms with Gasteiger partial charge in [-0.15, -0.1) is 0 Å². The highest BCUT2D eigenvalue weighted by molar-refractivity contribution is 6.24. The predicted octanol–water partition coefficient (Wildman–Crippen LogP) is 7.20. The Morgan fingerprint density at radius 2 is 1.65 bits per heavy atom. The molecular weight excluding hydrogens is 721 g/mol. The maximum absolute atomic E-state index is 13.7. The molecule has 57 heavy (non-hydrogen) atoms. The fourth-order valence-electron chi connectivity index (χ4n) is 8.79. The van der Waals surface area contributed by atoms with Crippen molar-refractivity contribution < 1.29 is 29.3 Å². The van der Waals surface area contributed by atoms with Crippen molar-refractivity contribution in [2.45, 2.75) is 204 Å². The molecule has 12 nitrogen and oxygen atoms in total. The van der Waals surface area contributed by atoms with Crippen LogP contribution in [0.5, 0.6) is 0 Å². The zero-order valence-electron chi connectivity index (χ0n) is 35.6. The number of rotatable bonds is 29. The smallest absolute Gasteiger partial charge is 0.341 e. The van der Waals surface area contributed by atoms with Crippen molar-refractivity contribution in [1.29, 1.82) is 0 Å².